The summed E-state index contributed by atoms with van der Waals surface area (Å²) in [7, 11) is 1.71. The van der Waals surface area contributed by atoms with Crippen molar-refractivity contribution in [3.8, 4) is 0 Å². The number of aromatic amines is 1. The molecule has 1 unspecified atom stereocenters. The van der Waals surface area contributed by atoms with E-state index in [1.54, 1.807) is 19.2 Å². The molecule has 0 spiro atoms. The number of nitrogens with one attached hydrogen (secondary N) is 2. The first-order valence-electron chi connectivity index (χ1n) is 7.50. The smallest absolute Gasteiger partial charge is 0.263 e. The second-order valence-corrected chi connectivity index (χ2v) is 6.39. The highest BCUT2D eigenvalue weighted by Crippen LogP contribution is 2.29. The van der Waals surface area contributed by atoms with Crippen LogP contribution >= 0.6 is 11.6 Å². The first kappa shape index (κ1) is 16.4. The van der Waals surface area contributed by atoms with E-state index in [1.165, 1.54) is 16.9 Å². The van der Waals surface area contributed by atoms with Crippen LogP contribution in [0.3, 0.4) is 0 Å². The summed E-state index contributed by atoms with van der Waals surface area (Å²) < 4.78 is 15.8. The number of hydrogen-bond acceptors (Lipinski definition) is 4. The zero-order valence-electron chi connectivity index (χ0n) is 13.5. The monoisotopic (exact) mass is 349 g/mol. The summed E-state index contributed by atoms with van der Waals surface area (Å²) in [6.45, 7) is 3.90. The van der Waals surface area contributed by atoms with E-state index in [-0.39, 0.29) is 23.5 Å². The Kier molecular flexibility index (Phi) is 4.28. The number of H-pyrrole nitrogens is 1. The number of hydrogen-bond donors (Lipinski definition) is 2. The van der Waals surface area contributed by atoms with Crippen molar-refractivity contribution in [2.24, 2.45) is 13.0 Å². The Morgan fingerprint density at radius 3 is 2.79 bits per heavy atom. The van der Waals surface area contributed by atoms with Crippen LogP contribution in [0.4, 0.5) is 10.3 Å². The fourth-order valence-corrected chi connectivity index (χ4v) is 2.76. The first-order valence-corrected chi connectivity index (χ1v) is 7.88. The van der Waals surface area contributed by atoms with Crippen molar-refractivity contribution in [1.82, 2.24) is 19.7 Å². The topological polar surface area (TPSA) is 75.6 Å². The minimum atomic E-state index is -0.405. The molecule has 1 aromatic carbocycles. The maximum absolute atomic E-state index is 14.3. The molecule has 0 aliphatic heterocycles. The molecule has 8 heteroatoms. The molecule has 6 nitrogen and oxygen atoms in total. The van der Waals surface area contributed by atoms with Gasteiger partial charge >= 0.3 is 0 Å². The molecule has 0 saturated carbocycles. The lowest BCUT2D eigenvalue weighted by molar-refractivity contribution is 0.508. The normalized spacial score (nSPS) is 12.8. The van der Waals surface area contributed by atoms with Gasteiger partial charge in [0.2, 0.25) is 5.95 Å². The molecule has 1 atom stereocenters. The molecule has 2 heterocycles. The summed E-state index contributed by atoms with van der Waals surface area (Å²) in [4.78, 5) is 19.2. The molecule has 0 amide bonds. The van der Waals surface area contributed by atoms with Crippen LogP contribution in [0.2, 0.25) is 5.02 Å². The first-order chi connectivity index (χ1) is 11.4. The average molecular weight is 350 g/mol. The highest BCUT2D eigenvalue weighted by molar-refractivity contribution is 6.30. The molecule has 0 bridgehead atoms. The Morgan fingerprint density at radius 1 is 1.38 bits per heavy atom. The van der Waals surface area contributed by atoms with Crippen molar-refractivity contribution in [1.29, 1.82) is 0 Å². The second kappa shape index (κ2) is 6.24. The third kappa shape index (κ3) is 2.99. The molecule has 0 aliphatic carbocycles. The van der Waals surface area contributed by atoms with Crippen LogP contribution < -0.4 is 10.9 Å². The molecule has 0 fully saturated rings. The molecule has 0 saturated heterocycles. The van der Waals surface area contributed by atoms with Crippen molar-refractivity contribution < 1.29 is 4.39 Å². The van der Waals surface area contributed by atoms with Crippen molar-refractivity contribution in [2.75, 3.05) is 5.32 Å². The van der Waals surface area contributed by atoms with Crippen molar-refractivity contribution in [3.05, 3.63) is 51.2 Å². The summed E-state index contributed by atoms with van der Waals surface area (Å²) in [5.41, 5.74) is 0.622. The summed E-state index contributed by atoms with van der Waals surface area (Å²) in [5.74, 6) is -0.0879. The number of aryl methyl sites for hydroxylation is 1. The van der Waals surface area contributed by atoms with Gasteiger partial charge in [0.1, 0.15) is 11.2 Å². The maximum Gasteiger partial charge on any atom is 0.263 e. The van der Waals surface area contributed by atoms with E-state index in [4.69, 9.17) is 11.6 Å². The van der Waals surface area contributed by atoms with Gasteiger partial charge in [0.15, 0.2) is 5.65 Å². The standard InChI is InChI=1S/C16H17ClFN5O/c1-8(2)13(10-5-4-9(17)6-12(10)18)20-16-21-14-11(15(24)22-16)7-19-23(14)3/h4-8,13H,1-3H3,(H2,20,21,22,24). The third-order valence-electron chi connectivity index (χ3n) is 3.86. The zero-order chi connectivity index (χ0) is 17.4. The Hall–Kier alpha value is -2.41. The summed E-state index contributed by atoms with van der Waals surface area (Å²) in [6.07, 6.45) is 1.46. The van der Waals surface area contributed by atoms with Crippen LogP contribution in [-0.2, 0) is 7.05 Å². The molecule has 2 N–H and O–H groups in total. The average Bonchev–Trinajstić information content (AvgIpc) is 2.87. The Bertz CT molecular complexity index is 949. The van der Waals surface area contributed by atoms with E-state index in [2.05, 4.69) is 20.4 Å². The van der Waals surface area contributed by atoms with E-state index in [1.807, 2.05) is 13.8 Å². The van der Waals surface area contributed by atoms with Gasteiger partial charge in [-0.2, -0.15) is 10.1 Å². The molecule has 24 heavy (non-hydrogen) atoms. The van der Waals surface area contributed by atoms with E-state index in [9.17, 15) is 9.18 Å². The van der Waals surface area contributed by atoms with Gasteiger partial charge < -0.3 is 5.32 Å². The predicted octanol–water partition coefficient (Wildman–Crippen LogP) is 3.26. The number of anilines is 1. The van der Waals surface area contributed by atoms with Gasteiger partial charge in [0, 0.05) is 17.6 Å². The lowest BCUT2D eigenvalue weighted by atomic mass is 9.96. The maximum atomic E-state index is 14.3. The van der Waals surface area contributed by atoms with Crippen LogP contribution in [0.15, 0.2) is 29.2 Å². The van der Waals surface area contributed by atoms with Crippen LogP contribution in [-0.4, -0.2) is 19.7 Å². The Labute approximate surface area is 142 Å². The third-order valence-corrected chi connectivity index (χ3v) is 4.09. The number of benzene rings is 1. The quantitative estimate of drug-likeness (QED) is 0.758. The van der Waals surface area contributed by atoms with Crippen molar-refractivity contribution in [2.45, 2.75) is 19.9 Å². The van der Waals surface area contributed by atoms with E-state index >= 15 is 0 Å². The highest BCUT2D eigenvalue weighted by atomic mass is 35.5. The lowest BCUT2D eigenvalue weighted by Crippen LogP contribution is -2.22. The van der Waals surface area contributed by atoms with Gasteiger partial charge in [-0.15, -0.1) is 0 Å². The number of halogens is 2. The number of aromatic nitrogens is 4. The van der Waals surface area contributed by atoms with E-state index in [0.717, 1.165) is 0 Å². The summed E-state index contributed by atoms with van der Waals surface area (Å²) >= 11 is 5.82. The van der Waals surface area contributed by atoms with Gasteiger partial charge in [-0.25, -0.2) is 4.39 Å². The minimum absolute atomic E-state index is 0.0493. The van der Waals surface area contributed by atoms with Gasteiger partial charge in [-0.1, -0.05) is 31.5 Å². The van der Waals surface area contributed by atoms with Crippen molar-refractivity contribution in [3.63, 3.8) is 0 Å². The largest absolute Gasteiger partial charge is 0.349 e. The summed E-state index contributed by atoms with van der Waals surface area (Å²) in [6, 6.07) is 4.17. The molecular weight excluding hydrogens is 333 g/mol. The van der Waals surface area contributed by atoms with Crippen LogP contribution in [0.25, 0.3) is 11.0 Å². The molecule has 3 rings (SSSR count). The van der Waals surface area contributed by atoms with Gasteiger partial charge in [-0.3, -0.25) is 14.5 Å². The molecule has 2 aromatic heterocycles. The highest BCUT2D eigenvalue weighted by Gasteiger charge is 2.21. The Morgan fingerprint density at radius 2 is 2.12 bits per heavy atom. The van der Waals surface area contributed by atoms with Crippen LogP contribution in [0, 0.1) is 11.7 Å². The summed E-state index contributed by atoms with van der Waals surface area (Å²) in [5, 5.41) is 7.88. The second-order valence-electron chi connectivity index (χ2n) is 5.95. The van der Waals surface area contributed by atoms with Gasteiger partial charge in [0.25, 0.3) is 5.56 Å². The lowest BCUT2D eigenvalue weighted by Gasteiger charge is -2.23. The Balaban J connectivity index is 2.02. The number of fused-ring (bicyclic) bond motifs is 1. The molecule has 126 valence electrons. The molecule has 0 aliphatic rings. The fourth-order valence-electron chi connectivity index (χ4n) is 2.61. The molecule has 3 aromatic rings. The van der Waals surface area contributed by atoms with Crippen molar-refractivity contribution >= 4 is 28.6 Å². The van der Waals surface area contributed by atoms with E-state index in [0.29, 0.717) is 21.6 Å². The van der Waals surface area contributed by atoms with E-state index < -0.39 is 5.82 Å². The predicted molar refractivity (Wildman–Crippen MR) is 91.7 cm³/mol. The van der Waals surface area contributed by atoms with Gasteiger partial charge in [0.05, 0.1) is 12.2 Å². The van der Waals surface area contributed by atoms with Crippen LogP contribution in [0.5, 0.6) is 0 Å². The minimum Gasteiger partial charge on any atom is -0.349 e. The van der Waals surface area contributed by atoms with Crippen LogP contribution in [0.1, 0.15) is 25.5 Å². The molecule has 0 radical (unpaired) electrons. The SMILES string of the molecule is CC(C)C(Nc1nc2c(cnn2C)c(=O)[nH]1)c1ccc(Cl)cc1F. The zero-order valence-corrected chi connectivity index (χ0v) is 14.2. The number of rotatable bonds is 4. The fraction of sp³-hybridized carbons (Fsp3) is 0.312. The number of nitrogens with zero attached hydrogens (tertiary/aromatic N) is 3. The van der Waals surface area contributed by atoms with Gasteiger partial charge in [-0.05, 0) is 18.1 Å². The molecular formula is C16H17ClFN5O.